The van der Waals surface area contributed by atoms with Crippen molar-refractivity contribution in [3.05, 3.63) is 0 Å². The van der Waals surface area contributed by atoms with Crippen LogP contribution in [0.2, 0.25) is 0 Å². The molecule has 0 spiro atoms. The zero-order valence-corrected chi connectivity index (χ0v) is 13.4. The first-order valence-electron chi connectivity index (χ1n) is 7.87. The summed E-state index contributed by atoms with van der Waals surface area (Å²) in [6.07, 6.45) is 13.7. The Morgan fingerprint density at radius 3 is 1.35 bits per heavy atom. The van der Waals surface area contributed by atoms with E-state index in [9.17, 15) is 4.57 Å². The van der Waals surface area contributed by atoms with E-state index in [0.29, 0.717) is 6.61 Å². The van der Waals surface area contributed by atoms with Crippen LogP contribution in [0.1, 0.15) is 77.0 Å². The van der Waals surface area contributed by atoms with Crippen molar-refractivity contribution < 1.29 is 24.0 Å². The summed E-state index contributed by atoms with van der Waals surface area (Å²) in [4.78, 5) is 17.0. The number of aliphatic hydroxyl groups is 1. The number of phosphoric acid groups is 1. The van der Waals surface area contributed by atoms with Crippen molar-refractivity contribution in [1.29, 1.82) is 0 Å². The predicted octanol–water partition coefficient (Wildman–Crippen LogP) is 3.77. The molecule has 0 radical (unpaired) electrons. The molecule has 20 heavy (non-hydrogen) atoms. The van der Waals surface area contributed by atoms with Gasteiger partial charge in [-0.3, -0.25) is 4.52 Å². The maximum absolute atomic E-state index is 10.4. The molecule has 0 fully saturated rings. The van der Waals surface area contributed by atoms with Gasteiger partial charge in [0.05, 0.1) is 6.61 Å². The Labute approximate surface area is 123 Å². The van der Waals surface area contributed by atoms with Crippen LogP contribution in [0.25, 0.3) is 0 Å². The van der Waals surface area contributed by atoms with Crippen molar-refractivity contribution in [3.8, 4) is 0 Å². The molecule has 0 atom stereocenters. The molecular weight excluding hydrogens is 279 g/mol. The van der Waals surface area contributed by atoms with Gasteiger partial charge in [-0.25, -0.2) is 4.57 Å². The average molecular weight is 310 g/mol. The van der Waals surface area contributed by atoms with Crippen LogP contribution in [0, 0.1) is 0 Å². The molecule has 3 N–H and O–H groups in total. The summed E-state index contributed by atoms with van der Waals surface area (Å²) in [5, 5.41) is 8.64. The molecule has 0 aromatic carbocycles. The number of phosphoric ester groups is 1. The zero-order valence-electron chi connectivity index (χ0n) is 12.5. The standard InChI is InChI=1S/C14H31O5P/c15-13-11-9-7-5-3-1-2-4-6-8-10-12-14-19-20(16,17)18/h15H,1-14H2,(H2,16,17,18). The third-order valence-corrected chi connectivity index (χ3v) is 3.83. The molecule has 0 aliphatic heterocycles. The number of aliphatic hydroxyl groups excluding tert-OH is 1. The summed E-state index contributed by atoms with van der Waals surface area (Å²) in [6.45, 7) is 0.470. The van der Waals surface area contributed by atoms with Crippen molar-refractivity contribution in [2.75, 3.05) is 13.2 Å². The highest BCUT2D eigenvalue weighted by Crippen LogP contribution is 2.35. The second-order valence-electron chi connectivity index (χ2n) is 5.29. The smallest absolute Gasteiger partial charge is 0.396 e. The molecule has 0 amide bonds. The van der Waals surface area contributed by atoms with E-state index in [1.165, 1.54) is 44.9 Å². The molecule has 122 valence electrons. The molecule has 0 aliphatic rings. The normalized spacial score (nSPS) is 11.9. The molecule has 0 rings (SSSR count). The van der Waals surface area contributed by atoms with E-state index in [0.717, 1.165) is 32.1 Å². The quantitative estimate of drug-likeness (QED) is 0.316. The Morgan fingerprint density at radius 2 is 1.00 bits per heavy atom. The van der Waals surface area contributed by atoms with E-state index < -0.39 is 7.82 Å². The molecule has 0 unspecified atom stereocenters. The molecule has 0 saturated heterocycles. The monoisotopic (exact) mass is 310 g/mol. The first-order valence-corrected chi connectivity index (χ1v) is 9.40. The fourth-order valence-corrected chi connectivity index (χ4v) is 2.53. The van der Waals surface area contributed by atoms with Crippen molar-refractivity contribution >= 4 is 7.82 Å². The second kappa shape index (κ2) is 14.0. The molecular formula is C14H31O5P. The summed E-state index contributed by atoms with van der Waals surface area (Å²) in [7, 11) is -4.26. The Bertz CT molecular complexity index is 242. The summed E-state index contributed by atoms with van der Waals surface area (Å²) in [6, 6.07) is 0. The van der Waals surface area contributed by atoms with Gasteiger partial charge in [0.15, 0.2) is 0 Å². The van der Waals surface area contributed by atoms with Crippen molar-refractivity contribution in [1.82, 2.24) is 0 Å². The van der Waals surface area contributed by atoms with Crippen molar-refractivity contribution in [3.63, 3.8) is 0 Å². The lowest BCUT2D eigenvalue weighted by atomic mass is 10.1. The SMILES string of the molecule is O=P(O)(O)OCCCCCCCCCCCCCCO. The van der Waals surface area contributed by atoms with Gasteiger partial charge in [0, 0.05) is 6.61 Å². The van der Waals surface area contributed by atoms with Crippen molar-refractivity contribution in [2.45, 2.75) is 77.0 Å². The van der Waals surface area contributed by atoms with E-state index in [2.05, 4.69) is 4.52 Å². The highest BCUT2D eigenvalue weighted by Gasteiger charge is 2.12. The molecule has 0 saturated carbocycles. The molecule has 0 bridgehead atoms. The van der Waals surface area contributed by atoms with Crippen LogP contribution in [0.3, 0.4) is 0 Å². The van der Waals surface area contributed by atoms with E-state index in [-0.39, 0.29) is 6.61 Å². The van der Waals surface area contributed by atoms with Gasteiger partial charge < -0.3 is 14.9 Å². The number of unbranched alkanes of at least 4 members (excludes halogenated alkanes) is 11. The minimum Gasteiger partial charge on any atom is -0.396 e. The van der Waals surface area contributed by atoms with Crippen LogP contribution in [-0.2, 0) is 9.09 Å². The number of hydrogen-bond donors (Lipinski definition) is 3. The minimum atomic E-state index is -4.26. The summed E-state index contributed by atoms with van der Waals surface area (Å²) >= 11 is 0. The third kappa shape index (κ3) is 18.1. The Balaban J connectivity index is 3.01. The lowest BCUT2D eigenvalue weighted by Gasteiger charge is -2.05. The lowest BCUT2D eigenvalue weighted by molar-refractivity contribution is 0.193. The summed E-state index contributed by atoms with van der Waals surface area (Å²) in [5.41, 5.74) is 0. The highest BCUT2D eigenvalue weighted by molar-refractivity contribution is 7.46. The summed E-state index contributed by atoms with van der Waals surface area (Å²) in [5.74, 6) is 0. The molecule has 0 aromatic heterocycles. The van der Waals surface area contributed by atoms with E-state index in [1.807, 2.05) is 0 Å². The van der Waals surface area contributed by atoms with Crippen LogP contribution in [0.5, 0.6) is 0 Å². The average Bonchev–Trinajstić information content (AvgIpc) is 2.38. The molecule has 6 heteroatoms. The van der Waals surface area contributed by atoms with Gasteiger partial charge >= 0.3 is 7.82 Å². The van der Waals surface area contributed by atoms with Gasteiger partial charge in [0.2, 0.25) is 0 Å². The first kappa shape index (κ1) is 20.1. The topological polar surface area (TPSA) is 87.0 Å². The predicted molar refractivity (Wildman–Crippen MR) is 80.5 cm³/mol. The van der Waals surface area contributed by atoms with Gasteiger partial charge in [0.25, 0.3) is 0 Å². The Hall–Kier alpha value is 0.0700. The Morgan fingerprint density at radius 1 is 0.650 bits per heavy atom. The van der Waals surface area contributed by atoms with Crippen LogP contribution in [0.4, 0.5) is 0 Å². The highest BCUT2D eigenvalue weighted by atomic mass is 31.2. The van der Waals surface area contributed by atoms with E-state index >= 15 is 0 Å². The van der Waals surface area contributed by atoms with Gasteiger partial charge in [-0.2, -0.15) is 0 Å². The van der Waals surface area contributed by atoms with Gasteiger partial charge in [0.1, 0.15) is 0 Å². The van der Waals surface area contributed by atoms with Crippen LogP contribution in [0.15, 0.2) is 0 Å². The zero-order chi connectivity index (χ0) is 15.1. The van der Waals surface area contributed by atoms with Gasteiger partial charge in [-0.05, 0) is 12.8 Å². The molecule has 0 heterocycles. The largest absolute Gasteiger partial charge is 0.469 e. The van der Waals surface area contributed by atoms with Gasteiger partial charge in [-0.1, -0.05) is 64.2 Å². The number of hydrogen-bond acceptors (Lipinski definition) is 3. The summed E-state index contributed by atoms with van der Waals surface area (Å²) < 4.78 is 14.8. The third-order valence-electron chi connectivity index (χ3n) is 3.31. The molecule has 0 aromatic rings. The van der Waals surface area contributed by atoms with Crippen LogP contribution >= 0.6 is 7.82 Å². The van der Waals surface area contributed by atoms with E-state index in [1.54, 1.807) is 0 Å². The fraction of sp³-hybridized carbons (Fsp3) is 1.00. The fourth-order valence-electron chi connectivity index (χ4n) is 2.17. The maximum Gasteiger partial charge on any atom is 0.469 e. The van der Waals surface area contributed by atoms with Crippen LogP contribution in [-0.4, -0.2) is 28.1 Å². The molecule has 0 aliphatic carbocycles. The molecule has 5 nitrogen and oxygen atoms in total. The second-order valence-corrected chi connectivity index (χ2v) is 6.53. The number of rotatable bonds is 15. The van der Waals surface area contributed by atoms with Gasteiger partial charge in [-0.15, -0.1) is 0 Å². The first-order chi connectivity index (χ1) is 9.56. The lowest BCUT2D eigenvalue weighted by Crippen LogP contribution is -1.92. The minimum absolute atomic E-state index is 0.151. The van der Waals surface area contributed by atoms with Crippen molar-refractivity contribution in [2.24, 2.45) is 0 Å². The maximum atomic E-state index is 10.4. The Kier molecular flexibility index (Phi) is 14.1. The van der Waals surface area contributed by atoms with E-state index in [4.69, 9.17) is 14.9 Å². The van der Waals surface area contributed by atoms with Crippen LogP contribution < -0.4 is 0 Å².